The van der Waals surface area contributed by atoms with Crippen LogP contribution in [-0.4, -0.2) is 36.2 Å². The molecule has 104 valence electrons. The van der Waals surface area contributed by atoms with Crippen molar-refractivity contribution in [2.24, 2.45) is 0 Å². The van der Waals surface area contributed by atoms with Crippen molar-refractivity contribution < 1.29 is 9.53 Å². The molecule has 0 saturated carbocycles. The lowest BCUT2D eigenvalue weighted by molar-refractivity contribution is -0.0530. The molecule has 1 N–H and O–H groups in total. The van der Waals surface area contributed by atoms with Crippen LogP contribution < -0.4 is 5.32 Å². The third-order valence-corrected chi connectivity index (χ3v) is 3.63. The predicted molar refractivity (Wildman–Crippen MR) is 76.8 cm³/mol. The van der Waals surface area contributed by atoms with Crippen LogP contribution >= 0.6 is 11.6 Å². The number of morpholine rings is 1. The van der Waals surface area contributed by atoms with Crippen molar-refractivity contribution in [3.63, 3.8) is 0 Å². The standard InChI is InChI=1S/C14H19ClN2O2/c1-9-7-17(8-10(2)19-9)14(18)16-13-6-4-5-12(15)11(13)3/h4-6,9-10H,7-8H2,1-3H3,(H,16,18)/t9-,10-/m1/s1. The van der Waals surface area contributed by atoms with Gasteiger partial charge in [0.15, 0.2) is 0 Å². The molecule has 0 bridgehead atoms. The molecule has 2 amide bonds. The molecule has 1 fully saturated rings. The second kappa shape index (κ2) is 5.80. The van der Waals surface area contributed by atoms with Crippen LogP contribution in [0.4, 0.5) is 10.5 Å². The van der Waals surface area contributed by atoms with Gasteiger partial charge in [-0.3, -0.25) is 0 Å². The van der Waals surface area contributed by atoms with Gasteiger partial charge < -0.3 is 15.0 Å². The fourth-order valence-corrected chi connectivity index (χ4v) is 2.46. The zero-order valence-electron chi connectivity index (χ0n) is 11.4. The molecule has 5 heteroatoms. The molecule has 0 aromatic heterocycles. The minimum atomic E-state index is -0.104. The van der Waals surface area contributed by atoms with E-state index >= 15 is 0 Å². The van der Waals surface area contributed by atoms with Gasteiger partial charge in [-0.1, -0.05) is 17.7 Å². The zero-order valence-corrected chi connectivity index (χ0v) is 12.2. The number of nitrogens with one attached hydrogen (secondary N) is 1. The summed E-state index contributed by atoms with van der Waals surface area (Å²) in [7, 11) is 0. The SMILES string of the molecule is Cc1c(Cl)cccc1NC(=O)N1C[C@@H](C)O[C@H](C)C1. The van der Waals surface area contributed by atoms with E-state index in [2.05, 4.69) is 5.32 Å². The van der Waals surface area contributed by atoms with E-state index < -0.39 is 0 Å². The maximum absolute atomic E-state index is 12.2. The van der Waals surface area contributed by atoms with Gasteiger partial charge in [0, 0.05) is 23.8 Å². The molecule has 1 aromatic rings. The zero-order chi connectivity index (χ0) is 14.0. The number of ether oxygens (including phenoxy) is 1. The summed E-state index contributed by atoms with van der Waals surface area (Å²) in [4.78, 5) is 14.0. The van der Waals surface area contributed by atoms with Gasteiger partial charge in [-0.15, -0.1) is 0 Å². The number of rotatable bonds is 1. The Morgan fingerprint density at radius 1 is 1.37 bits per heavy atom. The molecule has 2 rings (SSSR count). The second-order valence-electron chi connectivity index (χ2n) is 5.00. The highest BCUT2D eigenvalue weighted by Gasteiger charge is 2.26. The number of hydrogen-bond donors (Lipinski definition) is 1. The summed E-state index contributed by atoms with van der Waals surface area (Å²) in [6.07, 6.45) is 0.130. The van der Waals surface area contributed by atoms with Crippen molar-refractivity contribution in [1.82, 2.24) is 4.90 Å². The fraction of sp³-hybridized carbons (Fsp3) is 0.500. The van der Waals surface area contributed by atoms with Gasteiger partial charge in [0.25, 0.3) is 0 Å². The number of urea groups is 1. The minimum Gasteiger partial charge on any atom is -0.372 e. The van der Waals surface area contributed by atoms with Crippen LogP contribution in [0.3, 0.4) is 0 Å². The number of hydrogen-bond acceptors (Lipinski definition) is 2. The third kappa shape index (κ3) is 3.39. The molecule has 0 aliphatic carbocycles. The van der Waals surface area contributed by atoms with E-state index in [0.29, 0.717) is 18.1 Å². The molecule has 1 heterocycles. The monoisotopic (exact) mass is 282 g/mol. The van der Waals surface area contributed by atoms with E-state index in [-0.39, 0.29) is 18.2 Å². The largest absolute Gasteiger partial charge is 0.372 e. The highest BCUT2D eigenvalue weighted by Crippen LogP contribution is 2.23. The minimum absolute atomic E-state index is 0.0648. The molecule has 1 aliphatic rings. The number of carbonyl (C=O) groups excluding carboxylic acids is 1. The topological polar surface area (TPSA) is 41.6 Å². The van der Waals surface area contributed by atoms with E-state index in [1.807, 2.05) is 39.0 Å². The van der Waals surface area contributed by atoms with Gasteiger partial charge in [-0.05, 0) is 38.5 Å². The molecular formula is C14H19ClN2O2. The van der Waals surface area contributed by atoms with Crippen LogP contribution in [0.1, 0.15) is 19.4 Å². The molecule has 1 saturated heterocycles. The Bertz CT molecular complexity index is 469. The summed E-state index contributed by atoms with van der Waals surface area (Å²) >= 11 is 6.04. The molecule has 0 radical (unpaired) electrons. The van der Waals surface area contributed by atoms with E-state index in [9.17, 15) is 4.79 Å². The van der Waals surface area contributed by atoms with E-state index in [1.54, 1.807) is 4.90 Å². The van der Waals surface area contributed by atoms with E-state index in [0.717, 1.165) is 11.3 Å². The summed E-state index contributed by atoms with van der Waals surface area (Å²) in [6, 6.07) is 5.39. The summed E-state index contributed by atoms with van der Waals surface area (Å²) in [5, 5.41) is 3.56. The Hall–Kier alpha value is -1.26. The highest BCUT2D eigenvalue weighted by atomic mass is 35.5. The molecule has 19 heavy (non-hydrogen) atoms. The van der Waals surface area contributed by atoms with Gasteiger partial charge >= 0.3 is 6.03 Å². The summed E-state index contributed by atoms with van der Waals surface area (Å²) in [5.74, 6) is 0. The summed E-state index contributed by atoms with van der Waals surface area (Å²) in [6.45, 7) is 7.05. The van der Waals surface area contributed by atoms with Crippen molar-refractivity contribution in [3.05, 3.63) is 28.8 Å². The van der Waals surface area contributed by atoms with Crippen LogP contribution in [0, 0.1) is 6.92 Å². The summed E-state index contributed by atoms with van der Waals surface area (Å²) in [5.41, 5.74) is 1.64. The van der Waals surface area contributed by atoms with Crippen LogP contribution in [0.2, 0.25) is 5.02 Å². The summed E-state index contributed by atoms with van der Waals surface area (Å²) < 4.78 is 5.62. The normalized spacial score (nSPS) is 23.3. The molecule has 4 nitrogen and oxygen atoms in total. The van der Waals surface area contributed by atoms with Crippen molar-refractivity contribution in [2.45, 2.75) is 33.0 Å². The number of carbonyl (C=O) groups is 1. The fourth-order valence-electron chi connectivity index (χ4n) is 2.28. The lowest BCUT2D eigenvalue weighted by atomic mass is 10.2. The maximum Gasteiger partial charge on any atom is 0.322 e. The molecule has 2 atom stereocenters. The maximum atomic E-state index is 12.2. The van der Waals surface area contributed by atoms with Crippen molar-refractivity contribution in [1.29, 1.82) is 0 Å². The number of anilines is 1. The van der Waals surface area contributed by atoms with Crippen molar-refractivity contribution in [2.75, 3.05) is 18.4 Å². The average molecular weight is 283 g/mol. The predicted octanol–water partition coefficient (Wildman–Crippen LogP) is 3.29. The first-order valence-electron chi connectivity index (χ1n) is 6.44. The van der Waals surface area contributed by atoms with Gasteiger partial charge in [0.05, 0.1) is 12.2 Å². The Morgan fingerprint density at radius 3 is 2.63 bits per heavy atom. The lowest BCUT2D eigenvalue weighted by Gasteiger charge is -2.35. The first-order valence-corrected chi connectivity index (χ1v) is 6.81. The van der Waals surface area contributed by atoms with Gasteiger partial charge in [0.2, 0.25) is 0 Å². The Balaban J connectivity index is 2.06. The Kier molecular flexibility index (Phi) is 4.32. The van der Waals surface area contributed by atoms with Crippen LogP contribution in [-0.2, 0) is 4.74 Å². The second-order valence-corrected chi connectivity index (χ2v) is 5.41. The van der Waals surface area contributed by atoms with Crippen LogP contribution in [0.15, 0.2) is 18.2 Å². The lowest BCUT2D eigenvalue weighted by Crippen LogP contribution is -2.49. The highest BCUT2D eigenvalue weighted by molar-refractivity contribution is 6.31. The quantitative estimate of drug-likeness (QED) is 0.859. The first kappa shape index (κ1) is 14.2. The van der Waals surface area contributed by atoms with E-state index in [4.69, 9.17) is 16.3 Å². The Morgan fingerprint density at radius 2 is 2.00 bits per heavy atom. The Labute approximate surface area is 118 Å². The van der Waals surface area contributed by atoms with E-state index in [1.165, 1.54) is 0 Å². The van der Waals surface area contributed by atoms with Gasteiger partial charge in [-0.25, -0.2) is 4.79 Å². The number of amides is 2. The van der Waals surface area contributed by atoms with Crippen LogP contribution in [0.5, 0.6) is 0 Å². The third-order valence-electron chi connectivity index (χ3n) is 3.22. The van der Waals surface area contributed by atoms with Gasteiger partial charge in [0.1, 0.15) is 0 Å². The number of halogens is 1. The number of nitrogens with zero attached hydrogens (tertiary/aromatic N) is 1. The molecular weight excluding hydrogens is 264 g/mol. The average Bonchev–Trinajstić information content (AvgIpc) is 2.33. The van der Waals surface area contributed by atoms with Crippen molar-refractivity contribution in [3.8, 4) is 0 Å². The van der Waals surface area contributed by atoms with Crippen LogP contribution in [0.25, 0.3) is 0 Å². The van der Waals surface area contributed by atoms with Crippen molar-refractivity contribution >= 4 is 23.3 Å². The molecule has 0 unspecified atom stereocenters. The first-order chi connectivity index (χ1) is 8.97. The number of benzene rings is 1. The molecule has 0 spiro atoms. The molecule has 1 aromatic carbocycles. The van der Waals surface area contributed by atoms with Gasteiger partial charge in [-0.2, -0.15) is 0 Å². The smallest absolute Gasteiger partial charge is 0.322 e. The molecule has 1 aliphatic heterocycles.